The van der Waals surface area contributed by atoms with Crippen molar-refractivity contribution in [2.75, 3.05) is 0 Å². The van der Waals surface area contributed by atoms with Crippen molar-refractivity contribution < 1.29 is 9.18 Å². The van der Waals surface area contributed by atoms with Crippen molar-refractivity contribution in [3.63, 3.8) is 0 Å². The zero-order chi connectivity index (χ0) is 18.4. The lowest BCUT2D eigenvalue weighted by atomic mass is 9.97. The summed E-state index contributed by atoms with van der Waals surface area (Å²) in [6, 6.07) is 22.0. The standard InChI is InChI=1S/C23H17FN2O/c24-16-11-9-15(10-12-16)14-26-22(18-6-1-2-7-19(18)23(26)27)20-13-25-21-8-4-3-5-17(20)21/h1-13,22,25H,14H2. The van der Waals surface area contributed by atoms with Crippen LogP contribution in [0.4, 0.5) is 4.39 Å². The Balaban J connectivity index is 1.64. The first-order chi connectivity index (χ1) is 13.2. The quantitative estimate of drug-likeness (QED) is 0.548. The van der Waals surface area contributed by atoms with Gasteiger partial charge in [-0.3, -0.25) is 4.79 Å². The van der Waals surface area contributed by atoms with E-state index in [1.165, 1.54) is 12.1 Å². The van der Waals surface area contributed by atoms with Gasteiger partial charge in [0.05, 0.1) is 6.04 Å². The van der Waals surface area contributed by atoms with Gasteiger partial charge in [-0.2, -0.15) is 0 Å². The van der Waals surface area contributed by atoms with E-state index in [2.05, 4.69) is 11.1 Å². The van der Waals surface area contributed by atoms with E-state index in [9.17, 15) is 9.18 Å². The summed E-state index contributed by atoms with van der Waals surface area (Å²) in [6.07, 6.45) is 1.99. The zero-order valence-corrected chi connectivity index (χ0v) is 14.5. The first-order valence-corrected chi connectivity index (χ1v) is 8.93. The number of H-pyrrole nitrogens is 1. The molecular weight excluding hydrogens is 339 g/mol. The highest BCUT2D eigenvalue weighted by molar-refractivity contribution is 6.00. The van der Waals surface area contributed by atoms with E-state index in [-0.39, 0.29) is 17.8 Å². The maximum absolute atomic E-state index is 13.3. The molecule has 4 heteroatoms. The van der Waals surface area contributed by atoms with E-state index >= 15 is 0 Å². The fourth-order valence-corrected chi connectivity index (χ4v) is 3.98. The maximum Gasteiger partial charge on any atom is 0.255 e. The van der Waals surface area contributed by atoms with Crippen LogP contribution in [-0.2, 0) is 6.54 Å². The highest BCUT2D eigenvalue weighted by Crippen LogP contribution is 2.41. The molecule has 3 nitrogen and oxygen atoms in total. The summed E-state index contributed by atoms with van der Waals surface area (Å²) in [5.41, 5.74) is 4.77. The molecular formula is C23H17FN2O. The molecule has 1 atom stereocenters. The first kappa shape index (κ1) is 15.8. The summed E-state index contributed by atoms with van der Waals surface area (Å²) in [6.45, 7) is 0.429. The lowest BCUT2D eigenvalue weighted by Gasteiger charge is -2.25. The molecule has 3 aromatic carbocycles. The highest BCUT2D eigenvalue weighted by atomic mass is 19.1. The molecule has 1 aromatic heterocycles. The average Bonchev–Trinajstić information content (AvgIpc) is 3.23. The number of hydrogen-bond donors (Lipinski definition) is 1. The van der Waals surface area contributed by atoms with Crippen molar-refractivity contribution in [2.24, 2.45) is 0 Å². The van der Waals surface area contributed by atoms with E-state index in [1.807, 2.05) is 53.6 Å². The molecule has 0 bridgehead atoms. The van der Waals surface area contributed by atoms with Gasteiger partial charge in [0.25, 0.3) is 5.91 Å². The molecule has 0 spiro atoms. The second-order valence-corrected chi connectivity index (χ2v) is 6.84. The Morgan fingerprint density at radius 3 is 2.48 bits per heavy atom. The Hall–Kier alpha value is -3.40. The molecule has 0 saturated heterocycles. The molecule has 4 aromatic rings. The number of aromatic amines is 1. The van der Waals surface area contributed by atoms with Crippen LogP contribution in [0.15, 0.2) is 79.0 Å². The van der Waals surface area contributed by atoms with Crippen LogP contribution in [0.5, 0.6) is 0 Å². The van der Waals surface area contributed by atoms with Gasteiger partial charge in [0, 0.05) is 34.8 Å². The maximum atomic E-state index is 13.3. The lowest BCUT2D eigenvalue weighted by molar-refractivity contribution is 0.0737. The van der Waals surface area contributed by atoms with Gasteiger partial charge in [-0.05, 0) is 35.4 Å². The third-order valence-corrected chi connectivity index (χ3v) is 5.24. The van der Waals surface area contributed by atoms with Crippen molar-refractivity contribution in [2.45, 2.75) is 12.6 Å². The van der Waals surface area contributed by atoms with Crippen LogP contribution < -0.4 is 0 Å². The monoisotopic (exact) mass is 356 g/mol. The van der Waals surface area contributed by atoms with Crippen molar-refractivity contribution in [1.29, 1.82) is 0 Å². The number of nitrogens with zero attached hydrogens (tertiary/aromatic N) is 1. The SMILES string of the molecule is O=C1c2ccccc2C(c2c[nH]c3ccccc23)N1Cc1ccc(F)cc1. The molecule has 0 saturated carbocycles. The molecule has 1 aliphatic rings. The Morgan fingerprint density at radius 1 is 0.889 bits per heavy atom. The minimum absolute atomic E-state index is 0.00482. The number of halogens is 1. The number of fused-ring (bicyclic) bond motifs is 2. The molecule has 0 aliphatic carbocycles. The number of hydrogen-bond acceptors (Lipinski definition) is 1. The second-order valence-electron chi connectivity index (χ2n) is 6.84. The van der Waals surface area contributed by atoms with Gasteiger partial charge in [-0.15, -0.1) is 0 Å². The van der Waals surface area contributed by atoms with E-state index in [0.29, 0.717) is 6.54 Å². The van der Waals surface area contributed by atoms with Crippen LogP contribution in [-0.4, -0.2) is 15.8 Å². The molecule has 132 valence electrons. The summed E-state index contributed by atoms with van der Waals surface area (Å²) in [4.78, 5) is 18.3. The number of benzene rings is 3. The number of nitrogens with one attached hydrogen (secondary N) is 1. The number of amides is 1. The number of rotatable bonds is 3. The van der Waals surface area contributed by atoms with Crippen molar-refractivity contribution in [1.82, 2.24) is 9.88 Å². The highest BCUT2D eigenvalue weighted by Gasteiger charge is 2.38. The molecule has 1 N–H and O–H groups in total. The number of aromatic nitrogens is 1. The molecule has 1 amide bonds. The first-order valence-electron chi connectivity index (χ1n) is 8.93. The number of para-hydroxylation sites is 1. The van der Waals surface area contributed by atoms with Crippen molar-refractivity contribution >= 4 is 16.8 Å². The fraction of sp³-hybridized carbons (Fsp3) is 0.0870. The molecule has 2 heterocycles. The summed E-state index contributed by atoms with van der Waals surface area (Å²) < 4.78 is 13.3. The van der Waals surface area contributed by atoms with Crippen LogP contribution in [0.25, 0.3) is 10.9 Å². The van der Waals surface area contributed by atoms with E-state index < -0.39 is 0 Å². The van der Waals surface area contributed by atoms with Crippen molar-refractivity contribution in [3.8, 4) is 0 Å². The molecule has 27 heavy (non-hydrogen) atoms. The Morgan fingerprint density at radius 2 is 1.63 bits per heavy atom. The Labute approximate surface area is 156 Å². The predicted octanol–water partition coefficient (Wildman–Crippen LogP) is 5.05. The van der Waals surface area contributed by atoms with Gasteiger partial charge in [0.1, 0.15) is 5.82 Å². The van der Waals surface area contributed by atoms with Gasteiger partial charge in [0.15, 0.2) is 0 Å². The largest absolute Gasteiger partial charge is 0.361 e. The van der Waals surface area contributed by atoms with Crippen LogP contribution in [0, 0.1) is 5.82 Å². The summed E-state index contributed by atoms with van der Waals surface area (Å²) in [5.74, 6) is -0.270. The second kappa shape index (κ2) is 6.09. The van der Waals surface area contributed by atoms with Crippen LogP contribution in [0.3, 0.4) is 0 Å². The van der Waals surface area contributed by atoms with Gasteiger partial charge in [-0.25, -0.2) is 4.39 Å². The molecule has 5 rings (SSSR count). The van der Waals surface area contributed by atoms with Gasteiger partial charge in [0.2, 0.25) is 0 Å². The molecule has 1 unspecified atom stereocenters. The third kappa shape index (κ3) is 2.53. The smallest absolute Gasteiger partial charge is 0.255 e. The minimum atomic E-state index is -0.275. The molecule has 1 aliphatic heterocycles. The number of carbonyl (C=O) groups excluding carboxylic acids is 1. The van der Waals surface area contributed by atoms with Crippen LogP contribution in [0.2, 0.25) is 0 Å². The fourth-order valence-electron chi connectivity index (χ4n) is 3.98. The van der Waals surface area contributed by atoms with Gasteiger partial charge < -0.3 is 9.88 Å². The van der Waals surface area contributed by atoms with Crippen molar-refractivity contribution in [3.05, 3.63) is 107 Å². The summed E-state index contributed by atoms with van der Waals surface area (Å²) in [7, 11) is 0. The van der Waals surface area contributed by atoms with E-state index in [4.69, 9.17) is 0 Å². The van der Waals surface area contributed by atoms with Crippen LogP contribution in [0.1, 0.15) is 33.1 Å². The lowest BCUT2D eigenvalue weighted by Crippen LogP contribution is -2.28. The van der Waals surface area contributed by atoms with Gasteiger partial charge >= 0.3 is 0 Å². The molecule has 0 radical (unpaired) electrons. The summed E-state index contributed by atoms with van der Waals surface area (Å²) >= 11 is 0. The predicted molar refractivity (Wildman–Crippen MR) is 103 cm³/mol. The summed E-state index contributed by atoms with van der Waals surface area (Å²) in [5, 5.41) is 1.11. The van der Waals surface area contributed by atoms with Gasteiger partial charge in [-0.1, -0.05) is 48.5 Å². The van der Waals surface area contributed by atoms with E-state index in [1.54, 1.807) is 12.1 Å². The normalized spacial score (nSPS) is 16.1. The van der Waals surface area contributed by atoms with E-state index in [0.717, 1.165) is 33.2 Å². The number of carbonyl (C=O) groups is 1. The Kier molecular flexibility index (Phi) is 3.57. The minimum Gasteiger partial charge on any atom is -0.361 e. The Bertz CT molecular complexity index is 1150. The zero-order valence-electron chi connectivity index (χ0n) is 14.5. The molecule has 0 fully saturated rings. The topological polar surface area (TPSA) is 36.1 Å². The van der Waals surface area contributed by atoms with Crippen LogP contribution >= 0.6 is 0 Å². The third-order valence-electron chi connectivity index (χ3n) is 5.24. The average molecular weight is 356 g/mol.